The molecule has 0 bridgehead atoms. The van der Waals surface area contributed by atoms with Crippen molar-refractivity contribution in [1.82, 2.24) is 10.2 Å². The summed E-state index contributed by atoms with van der Waals surface area (Å²) < 4.78 is 0. The van der Waals surface area contributed by atoms with E-state index >= 15 is 0 Å². The maximum atomic E-state index is 13.3. The number of amides is 3. The Kier molecular flexibility index (Phi) is 5.30. The quantitative estimate of drug-likeness (QED) is 0.541. The molecule has 5 atom stereocenters. The lowest BCUT2D eigenvalue weighted by Gasteiger charge is -2.37. The fourth-order valence-corrected chi connectivity index (χ4v) is 4.92. The normalized spacial score (nSPS) is 30.0. The van der Waals surface area contributed by atoms with Gasteiger partial charge < -0.3 is 21.7 Å². The van der Waals surface area contributed by atoms with E-state index in [1.165, 1.54) is 0 Å². The smallest absolute Gasteiger partial charge is 0.287 e. The largest absolute Gasteiger partial charge is 0.363 e. The van der Waals surface area contributed by atoms with Crippen LogP contribution in [0.2, 0.25) is 0 Å². The molecule has 5 N–H and O–H groups in total. The maximum absolute atomic E-state index is 13.3. The van der Waals surface area contributed by atoms with Crippen molar-refractivity contribution in [2.24, 2.45) is 40.1 Å². The van der Waals surface area contributed by atoms with Gasteiger partial charge in [-0.2, -0.15) is 0 Å². The minimum atomic E-state index is -1.04. The number of piperidine rings is 1. The number of nitrogens with two attached hydrogens (primary N) is 2. The van der Waals surface area contributed by atoms with Crippen molar-refractivity contribution in [2.75, 3.05) is 6.54 Å². The van der Waals surface area contributed by atoms with E-state index in [0.29, 0.717) is 6.54 Å². The van der Waals surface area contributed by atoms with Gasteiger partial charge in [0.15, 0.2) is 0 Å². The molecule has 0 aromatic rings. The topological polar surface area (TPSA) is 136 Å². The fraction of sp³-hybridized carbons (Fsp3) is 0.810. The van der Waals surface area contributed by atoms with Gasteiger partial charge in [0.25, 0.3) is 5.91 Å². The lowest BCUT2D eigenvalue weighted by molar-refractivity contribution is -0.145. The van der Waals surface area contributed by atoms with Gasteiger partial charge in [0, 0.05) is 6.54 Å². The van der Waals surface area contributed by atoms with Crippen molar-refractivity contribution >= 4 is 23.5 Å². The van der Waals surface area contributed by atoms with Gasteiger partial charge in [-0.25, -0.2) is 0 Å². The second-order valence-electron chi connectivity index (χ2n) is 10.6. The van der Waals surface area contributed by atoms with Crippen molar-refractivity contribution < 1.29 is 19.2 Å². The number of nitrogens with one attached hydrogen (secondary N) is 1. The van der Waals surface area contributed by atoms with Gasteiger partial charge >= 0.3 is 0 Å². The summed E-state index contributed by atoms with van der Waals surface area (Å²) in [6, 6.07) is -2.32. The molecule has 1 heterocycles. The van der Waals surface area contributed by atoms with E-state index in [1.54, 1.807) is 4.90 Å². The predicted octanol–water partition coefficient (Wildman–Crippen LogP) is 0.182. The molecule has 29 heavy (non-hydrogen) atoms. The van der Waals surface area contributed by atoms with Crippen molar-refractivity contribution in [3.05, 3.63) is 0 Å². The minimum Gasteiger partial charge on any atom is -0.363 e. The van der Waals surface area contributed by atoms with Gasteiger partial charge in [-0.1, -0.05) is 41.0 Å². The highest BCUT2D eigenvalue weighted by molar-refractivity contribution is 6.38. The molecule has 8 nitrogen and oxygen atoms in total. The molecule has 3 rings (SSSR count). The summed E-state index contributed by atoms with van der Waals surface area (Å²) in [5, 5.41) is 2.78. The molecule has 3 amide bonds. The number of primary amides is 1. The van der Waals surface area contributed by atoms with Gasteiger partial charge in [-0.15, -0.1) is 0 Å². The van der Waals surface area contributed by atoms with Crippen molar-refractivity contribution in [3.63, 3.8) is 0 Å². The third-order valence-corrected chi connectivity index (χ3v) is 7.40. The zero-order chi connectivity index (χ0) is 21.9. The Morgan fingerprint density at radius 3 is 2.17 bits per heavy atom. The zero-order valence-corrected chi connectivity index (χ0v) is 18.0. The highest BCUT2D eigenvalue weighted by atomic mass is 16.2. The molecule has 3 aliphatic rings. The molecule has 162 valence electrons. The van der Waals surface area contributed by atoms with Gasteiger partial charge in [-0.3, -0.25) is 19.2 Å². The van der Waals surface area contributed by atoms with Gasteiger partial charge in [0.1, 0.15) is 12.1 Å². The Hall–Kier alpha value is -1.96. The highest BCUT2D eigenvalue weighted by Gasteiger charge is 2.69. The monoisotopic (exact) mass is 406 g/mol. The molecule has 1 aliphatic heterocycles. The molecule has 3 fully saturated rings. The zero-order valence-electron chi connectivity index (χ0n) is 18.0. The first-order valence-corrected chi connectivity index (χ1v) is 10.5. The van der Waals surface area contributed by atoms with E-state index in [9.17, 15) is 19.2 Å². The summed E-state index contributed by atoms with van der Waals surface area (Å²) in [4.78, 5) is 51.8. The van der Waals surface area contributed by atoms with Crippen LogP contribution in [0.5, 0.6) is 0 Å². The molecule has 2 aliphatic carbocycles. The first-order chi connectivity index (χ1) is 13.3. The maximum Gasteiger partial charge on any atom is 0.287 e. The second kappa shape index (κ2) is 7.07. The van der Waals surface area contributed by atoms with Crippen LogP contribution in [0, 0.1) is 28.6 Å². The first-order valence-electron chi connectivity index (χ1n) is 10.5. The number of rotatable bonds is 6. The average molecular weight is 407 g/mol. The van der Waals surface area contributed by atoms with E-state index in [4.69, 9.17) is 11.5 Å². The molecule has 0 radical (unpaired) electrons. The number of Topliss-reactive ketones (excluding diaryl/α,β-unsaturated/α-hetero) is 1. The van der Waals surface area contributed by atoms with Gasteiger partial charge in [0.05, 0.1) is 6.04 Å². The Balaban J connectivity index is 1.82. The molecule has 1 saturated heterocycles. The van der Waals surface area contributed by atoms with Crippen LogP contribution in [0.25, 0.3) is 0 Å². The van der Waals surface area contributed by atoms with Crippen LogP contribution in [-0.4, -0.2) is 53.1 Å². The third-order valence-electron chi connectivity index (χ3n) is 7.40. The van der Waals surface area contributed by atoms with Crippen LogP contribution in [0.15, 0.2) is 0 Å². The van der Waals surface area contributed by atoms with Gasteiger partial charge in [0.2, 0.25) is 17.6 Å². The average Bonchev–Trinajstić information content (AvgIpc) is 2.93. The number of likely N-dealkylation sites (tertiary alicyclic amines) is 1. The minimum absolute atomic E-state index is 0.0179. The van der Waals surface area contributed by atoms with Crippen LogP contribution < -0.4 is 16.8 Å². The standard InChI is InChI=1S/C21H34N4O4/c1-20(2,3)16(22)19(29)25-9-11-12(21(11,4)5)14(25)18(28)24-13(10-7-6-8-10)15(26)17(23)27/h10-14,16H,6-9,22H2,1-5H3,(H2,23,27)(H,24,28)/t11-,12-,13?,14-,16+/m0/s1. The molecule has 1 unspecified atom stereocenters. The Morgan fingerprint density at radius 1 is 1.14 bits per heavy atom. The molecule has 8 heteroatoms. The van der Waals surface area contributed by atoms with Crippen molar-refractivity contribution in [2.45, 2.75) is 72.0 Å². The van der Waals surface area contributed by atoms with Gasteiger partial charge in [-0.05, 0) is 41.4 Å². The van der Waals surface area contributed by atoms with Crippen LogP contribution in [-0.2, 0) is 19.2 Å². The molecule has 0 spiro atoms. The molecule has 2 saturated carbocycles. The SMILES string of the molecule is CC(C)(C)[C@H](N)C(=O)N1C[C@H]2[C@@H]([C@H]1C(=O)NC(C(=O)C(N)=O)C1CCC1)C2(C)C. The Labute approximate surface area is 172 Å². The summed E-state index contributed by atoms with van der Waals surface area (Å²) in [5.74, 6) is -2.28. The summed E-state index contributed by atoms with van der Waals surface area (Å²) in [5.41, 5.74) is 10.9. The Bertz CT molecular complexity index is 737. The number of carbonyl (C=O) groups is 4. The molecule has 0 aromatic carbocycles. The van der Waals surface area contributed by atoms with E-state index in [-0.39, 0.29) is 35.0 Å². The number of nitrogens with zero attached hydrogens (tertiary/aromatic N) is 1. The van der Waals surface area contributed by atoms with E-state index in [0.717, 1.165) is 19.3 Å². The van der Waals surface area contributed by atoms with Crippen LogP contribution in [0.3, 0.4) is 0 Å². The fourth-order valence-electron chi connectivity index (χ4n) is 4.92. The second-order valence-corrected chi connectivity index (χ2v) is 10.6. The van der Waals surface area contributed by atoms with E-state index in [2.05, 4.69) is 19.2 Å². The summed E-state index contributed by atoms with van der Waals surface area (Å²) in [6.45, 7) is 10.3. The first kappa shape index (κ1) is 21.7. The number of carbonyl (C=O) groups excluding carboxylic acids is 4. The number of ketones is 1. The van der Waals surface area contributed by atoms with E-state index in [1.807, 2.05) is 20.8 Å². The summed E-state index contributed by atoms with van der Waals surface area (Å²) in [6.07, 6.45) is 2.49. The molecule has 0 aromatic heterocycles. The number of hydrogen-bond donors (Lipinski definition) is 3. The highest BCUT2D eigenvalue weighted by Crippen LogP contribution is 2.65. The molecular weight excluding hydrogens is 372 g/mol. The predicted molar refractivity (Wildman–Crippen MR) is 107 cm³/mol. The molecular formula is C21H34N4O4. The number of hydrogen-bond acceptors (Lipinski definition) is 5. The lowest BCUT2D eigenvalue weighted by Crippen LogP contribution is -2.60. The summed E-state index contributed by atoms with van der Waals surface area (Å²) >= 11 is 0. The van der Waals surface area contributed by atoms with Crippen LogP contribution in [0.4, 0.5) is 0 Å². The Morgan fingerprint density at radius 2 is 1.72 bits per heavy atom. The van der Waals surface area contributed by atoms with Crippen molar-refractivity contribution in [1.29, 1.82) is 0 Å². The number of fused-ring (bicyclic) bond motifs is 1. The van der Waals surface area contributed by atoms with Crippen LogP contribution in [0.1, 0.15) is 53.9 Å². The van der Waals surface area contributed by atoms with E-state index < -0.39 is 35.2 Å². The summed E-state index contributed by atoms with van der Waals surface area (Å²) in [7, 11) is 0. The third kappa shape index (κ3) is 3.67. The van der Waals surface area contributed by atoms with Crippen LogP contribution >= 0.6 is 0 Å². The lowest BCUT2D eigenvalue weighted by atomic mass is 9.78. The van der Waals surface area contributed by atoms with Crippen molar-refractivity contribution in [3.8, 4) is 0 Å².